The van der Waals surface area contributed by atoms with Gasteiger partial charge in [0, 0.05) is 19.0 Å². The number of amides is 3. The first kappa shape index (κ1) is 26.6. The van der Waals surface area contributed by atoms with Crippen LogP contribution in [0.15, 0.2) is 18.2 Å². The second kappa shape index (κ2) is 10.5. The lowest BCUT2D eigenvalue weighted by Gasteiger charge is -2.29. The van der Waals surface area contributed by atoms with Crippen LogP contribution in [0.3, 0.4) is 0 Å². The quantitative estimate of drug-likeness (QED) is 0.444. The highest BCUT2D eigenvalue weighted by Gasteiger charge is 2.37. The van der Waals surface area contributed by atoms with Crippen LogP contribution in [-0.2, 0) is 20.7 Å². The van der Waals surface area contributed by atoms with Crippen molar-refractivity contribution in [2.24, 2.45) is 5.73 Å². The lowest BCUT2D eigenvalue weighted by Crippen LogP contribution is -2.54. The van der Waals surface area contributed by atoms with Gasteiger partial charge in [-0.15, -0.1) is 0 Å². The van der Waals surface area contributed by atoms with Gasteiger partial charge in [-0.2, -0.15) is 13.2 Å². The van der Waals surface area contributed by atoms with Crippen LogP contribution in [0.1, 0.15) is 39.2 Å². The Hall–Kier alpha value is -2.70. The van der Waals surface area contributed by atoms with Gasteiger partial charge in [-0.3, -0.25) is 9.59 Å². The van der Waals surface area contributed by atoms with E-state index >= 15 is 0 Å². The van der Waals surface area contributed by atoms with Crippen molar-refractivity contribution >= 4 is 30.0 Å². The van der Waals surface area contributed by atoms with Crippen molar-refractivity contribution in [1.29, 1.82) is 0 Å². The number of nitrogens with one attached hydrogen (secondary N) is 1. The Labute approximate surface area is 192 Å². The van der Waals surface area contributed by atoms with Crippen LogP contribution in [0.2, 0.25) is 0 Å². The Morgan fingerprint density at radius 2 is 1.94 bits per heavy atom. The summed E-state index contributed by atoms with van der Waals surface area (Å²) in [5.74, 6) is -2.68. The van der Waals surface area contributed by atoms with Crippen LogP contribution in [0.25, 0.3) is 0 Å². The largest absolute Gasteiger partial charge is 0.479 e. The van der Waals surface area contributed by atoms with Gasteiger partial charge < -0.3 is 24.9 Å². The standard InChI is InChI=1S/C20H25F4N3O5S/c1-19(2,3)31-18(30)26-14(17(29)27-8-4-5-15(27)16(25)28)9-11-6-7-12(10-13(11)21)32-33-20(22,23)24/h6-7,10,14-15H,4-5,8-9H2,1-3H3,(H2,25,28)(H,26,30). The summed E-state index contributed by atoms with van der Waals surface area (Å²) in [5.41, 5.74) is -0.247. The van der Waals surface area contributed by atoms with Gasteiger partial charge in [0.15, 0.2) is 12.0 Å². The molecule has 0 aromatic heterocycles. The summed E-state index contributed by atoms with van der Waals surface area (Å²) >= 11 is -0.791. The van der Waals surface area contributed by atoms with Crippen molar-refractivity contribution in [1.82, 2.24) is 10.2 Å². The van der Waals surface area contributed by atoms with E-state index in [1.165, 1.54) is 4.90 Å². The van der Waals surface area contributed by atoms with Gasteiger partial charge in [-0.25, -0.2) is 9.18 Å². The second-order valence-electron chi connectivity index (χ2n) is 8.36. The molecule has 33 heavy (non-hydrogen) atoms. The summed E-state index contributed by atoms with van der Waals surface area (Å²) in [6, 6.07) is 0.819. The van der Waals surface area contributed by atoms with Crippen LogP contribution < -0.4 is 15.2 Å². The first-order valence-corrected chi connectivity index (χ1v) is 10.7. The monoisotopic (exact) mass is 495 g/mol. The van der Waals surface area contributed by atoms with Crippen molar-refractivity contribution in [3.8, 4) is 5.75 Å². The number of alkyl carbamates (subject to hydrolysis) is 1. The smallest absolute Gasteiger partial charge is 0.444 e. The summed E-state index contributed by atoms with van der Waals surface area (Å²) in [6.07, 6.45) is -0.399. The summed E-state index contributed by atoms with van der Waals surface area (Å²) < 4.78 is 61.0. The molecule has 0 saturated carbocycles. The number of nitrogens with zero attached hydrogens (tertiary/aromatic N) is 1. The second-order valence-corrected chi connectivity index (χ2v) is 9.16. The predicted octanol–water partition coefficient (Wildman–Crippen LogP) is 3.28. The van der Waals surface area contributed by atoms with E-state index in [2.05, 4.69) is 9.50 Å². The highest BCUT2D eigenvalue weighted by Crippen LogP contribution is 2.33. The van der Waals surface area contributed by atoms with Gasteiger partial charge in [0.2, 0.25) is 11.8 Å². The maximum atomic E-state index is 14.6. The molecule has 2 rings (SSSR count). The Kier molecular flexibility index (Phi) is 8.44. The van der Waals surface area contributed by atoms with E-state index in [9.17, 15) is 31.9 Å². The molecule has 0 aliphatic carbocycles. The molecule has 1 aliphatic rings. The van der Waals surface area contributed by atoms with Crippen molar-refractivity contribution in [2.75, 3.05) is 6.54 Å². The van der Waals surface area contributed by atoms with Gasteiger partial charge in [-0.05, 0) is 45.2 Å². The third-order valence-electron chi connectivity index (χ3n) is 4.53. The van der Waals surface area contributed by atoms with E-state index in [1.54, 1.807) is 20.8 Å². The summed E-state index contributed by atoms with van der Waals surface area (Å²) in [4.78, 5) is 38.3. The minimum absolute atomic E-state index is 0.0661. The SMILES string of the molecule is CC(C)(C)OC(=O)NC(Cc1ccc(OSC(F)(F)F)cc1F)C(=O)N1CCCC1C(N)=O. The van der Waals surface area contributed by atoms with E-state index in [0.29, 0.717) is 12.8 Å². The number of nitrogens with two attached hydrogens (primary N) is 1. The molecule has 13 heteroatoms. The molecule has 2 unspecified atom stereocenters. The van der Waals surface area contributed by atoms with Crippen molar-refractivity contribution in [2.45, 2.75) is 63.2 Å². The summed E-state index contributed by atoms with van der Waals surface area (Å²) in [6.45, 7) is 5.07. The van der Waals surface area contributed by atoms with Crippen LogP contribution in [-0.4, -0.2) is 52.5 Å². The van der Waals surface area contributed by atoms with Crippen molar-refractivity contribution in [3.05, 3.63) is 29.6 Å². The van der Waals surface area contributed by atoms with E-state index in [4.69, 9.17) is 10.5 Å². The summed E-state index contributed by atoms with van der Waals surface area (Å²) in [5, 5.41) is 2.39. The van der Waals surface area contributed by atoms with Crippen LogP contribution in [0.4, 0.5) is 22.4 Å². The number of primary amides is 1. The van der Waals surface area contributed by atoms with Gasteiger partial charge >= 0.3 is 11.6 Å². The number of rotatable bonds is 7. The van der Waals surface area contributed by atoms with E-state index in [-0.39, 0.29) is 24.3 Å². The van der Waals surface area contributed by atoms with Crippen LogP contribution in [0.5, 0.6) is 5.75 Å². The predicted molar refractivity (Wildman–Crippen MR) is 111 cm³/mol. The number of likely N-dealkylation sites (tertiary alicyclic amines) is 1. The topological polar surface area (TPSA) is 111 Å². The Balaban J connectivity index is 2.23. The number of alkyl halides is 3. The molecule has 0 spiro atoms. The number of benzene rings is 1. The Morgan fingerprint density at radius 1 is 1.27 bits per heavy atom. The molecule has 1 saturated heterocycles. The lowest BCUT2D eigenvalue weighted by atomic mass is 10.0. The molecule has 1 heterocycles. The molecule has 0 radical (unpaired) electrons. The number of carbonyl (C=O) groups is 3. The van der Waals surface area contributed by atoms with Crippen molar-refractivity contribution in [3.63, 3.8) is 0 Å². The zero-order chi connectivity index (χ0) is 25.0. The van der Waals surface area contributed by atoms with E-state index < -0.39 is 59.0 Å². The van der Waals surface area contributed by atoms with E-state index in [0.717, 1.165) is 18.2 Å². The highest BCUT2D eigenvalue weighted by atomic mass is 32.2. The van der Waals surface area contributed by atoms with Gasteiger partial charge in [0.1, 0.15) is 29.3 Å². The number of hydrogen-bond donors (Lipinski definition) is 2. The molecule has 8 nitrogen and oxygen atoms in total. The molecule has 1 aromatic rings. The molecule has 184 valence electrons. The third-order valence-corrected chi connectivity index (χ3v) is 5.00. The van der Waals surface area contributed by atoms with Gasteiger partial charge in [-0.1, -0.05) is 6.07 Å². The summed E-state index contributed by atoms with van der Waals surface area (Å²) in [7, 11) is 0. The zero-order valence-corrected chi connectivity index (χ0v) is 19.0. The average Bonchev–Trinajstić information content (AvgIpc) is 3.15. The molecule has 1 aromatic carbocycles. The lowest BCUT2D eigenvalue weighted by molar-refractivity contribution is -0.139. The maximum Gasteiger partial charge on any atom is 0.479 e. The highest BCUT2D eigenvalue weighted by molar-refractivity contribution is 7.95. The molecule has 2 atom stereocenters. The van der Waals surface area contributed by atoms with Crippen LogP contribution in [0, 0.1) is 5.82 Å². The van der Waals surface area contributed by atoms with Gasteiger partial charge in [0.25, 0.3) is 0 Å². The maximum absolute atomic E-state index is 14.6. The fourth-order valence-corrected chi connectivity index (χ4v) is 3.53. The molecule has 1 fully saturated rings. The number of halogens is 4. The minimum atomic E-state index is -4.67. The molecule has 0 bridgehead atoms. The first-order chi connectivity index (χ1) is 15.2. The average molecular weight is 495 g/mol. The molecular formula is C20H25F4N3O5S. The number of hydrogen-bond acceptors (Lipinski definition) is 6. The number of carbonyl (C=O) groups excluding carboxylic acids is 3. The normalized spacial score (nSPS) is 17.4. The Morgan fingerprint density at radius 3 is 2.48 bits per heavy atom. The first-order valence-electron chi connectivity index (χ1n) is 9.96. The minimum Gasteiger partial charge on any atom is -0.444 e. The van der Waals surface area contributed by atoms with E-state index in [1.807, 2.05) is 0 Å². The Bertz CT molecular complexity index is 891. The zero-order valence-electron chi connectivity index (χ0n) is 18.2. The van der Waals surface area contributed by atoms with Gasteiger partial charge in [0.05, 0.1) is 0 Å². The van der Waals surface area contributed by atoms with Crippen molar-refractivity contribution < 1.29 is 40.9 Å². The fourth-order valence-electron chi connectivity index (χ4n) is 3.24. The third kappa shape index (κ3) is 8.30. The van der Waals surface area contributed by atoms with Crippen LogP contribution >= 0.6 is 12.0 Å². The molecule has 3 amide bonds. The number of ether oxygens (including phenoxy) is 1. The fraction of sp³-hybridized carbons (Fsp3) is 0.550. The molecule has 1 aliphatic heterocycles. The molecule has 3 N–H and O–H groups in total. The molecular weight excluding hydrogens is 470 g/mol.